The fraction of sp³-hybridized carbons (Fsp3) is 0.0476. The minimum atomic E-state index is -0.481. The van der Waals surface area contributed by atoms with Crippen molar-refractivity contribution in [3.8, 4) is 11.5 Å². The first kappa shape index (κ1) is 16.5. The molecular formula is C21H16O4. The van der Waals surface area contributed by atoms with Gasteiger partial charge in [-0.3, -0.25) is 0 Å². The number of para-hydroxylation sites is 2. The quantitative estimate of drug-likeness (QED) is 0.524. The molecule has 124 valence electrons. The number of carbonyl (C=O) groups is 2. The molecule has 3 rings (SSSR count). The molecule has 0 bridgehead atoms. The third-order valence-corrected chi connectivity index (χ3v) is 3.61. The van der Waals surface area contributed by atoms with Crippen LogP contribution in [0.3, 0.4) is 0 Å². The first-order chi connectivity index (χ1) is 12.1. The molecule has 0 amide bonds. The third-order valence-electron chi connectivity index (χ3n) is 3.61. The number of esters is 2. The minimum absolute atomic E-state index is 0.358. The monoisotopic (exact) mass is 332 g/mol. The Hall–Kier alpha value is -3.40. The van der Waals surface area contributed by atoms with E-state index in [-0.39, 0.29) is 0 Å². The second-order valence-corrected chi connectivity index (χ2v) is 5.43. The van der Waals surface area contributed by atoms with Crippen LogP contribution >= 0.6 is 0 Å². The standard InChI is InChI=1S/C21H16O4/c1-15-7-5-6-10-19(15)25-21(23)17-13-11-16(12-14-17)20(22)24-18-8-3-2-4-9-18/h2-14H,1H3. The second kappa shape index (κ2) is 7.45. The highest BCUT2D eigenvalue weighted by atomic mass is 16.5. The molecule has 25 heavy (non-hydrogen) atoms. The Morgan fingerprint density at radius 1 is 0.640 bits per heavy atom. The summed E-state index contributed by atoms with van der Waals surface area (Å²) in [6, 6.07) is 22.3. The summed E-state index contributed by atoms with van der Waals surface area (Å²) in [7, 11) is 0. The molecule has 3 aromatic rings. The summed E-state index contributed by atoms with van der Waals surface area (Å²) in [5.74, 6) is 0.0258. The summed E-state index contributed by atoms with van der Waals surface area (Å²) in [5.41, 5.74) is 1.59. The van der Waals surface area contributed by atoms with Gasteiger partial charge in [-0.15, -0.1) is 0 Å². The Bertz CT molecular complexity index is 883. The molecule has 4 heteroatoms. The molecule has 0 atom stereocenters. The van der Waals surface area contributed by atoms with Crippen LogP contribution in [0.1, 0.15) is 26.3 Å². The van der Waals surface area contributed by atoms with Gasteiger partial charge in [-0.2, -0.15) is 0 Å². The zero-order valence-electron chi connectivity index (χ0n) is 13.6. The van der Waals surface area contributed by atoms with Gasteiger partial charge in [-0.1, -0.05) is 36.4 Å². The van der Waals surface area contributed by atoms with E-state index >= 15 is 0 Å². The number of aryl methyl sites for hydroxylation is 1. The highest BCUT2D eigenvalue weighted by Crippen LogP contribution is 2.18. The van der Waals surface area contributed by atoms with E-state index in [1.165, 1.54) is 0 Å². The predicted molar refractivity (Wildman–Crippen MR) is 94.0 cm³/mol. The lowest BCUT2D eigenvalue weighted by Crippen LogP contribution is -2.11. The number of hydrogen-bond acceptors (Lipinski definition) is 4. The maximum Gasteiger partial charge on any atom is 0.343 e. The van der Waals surface area contributed by atoms with Gasteiger partial charge in [0.2, 0.25) is 0 Å². The number of hydrogen-bond donors (Lipinski definition) is 0. The van der Waals surface area contributed by atoms with Crippen LogP contribution in [0.2, 0.25) is 0 Å². The normalized spacial score (nSPS) is 10.1. The summed E-state index contributed by atoms with van der Waals surface area (Å²) < 4.78 is 10.6. The molecule has 0 N–H and O–H groups in total. The molecule has 0 spiro atoms. The van der Waals surface area contributed by atoms with E-state index in [0.29, 0.717) is 22.6 Å². The number of ether oxygens (including phenoxy) is 2. The molecule has 3 aromatic carbocycles. The van der Waals surface area contributed by atoms with Gasteiger partial charge >= 0.3 is 11.9 Å². The van der Waals surface area contributed by atoms with Crippen molar-refractivity contribution in [3.63, 3.8) is 0 Å². The Morgan fingerprint density at radius 3 is 1.76 bits per heavy atom. The van der Waals surface area contributed by atoms with E-state index in [1.807, 2.05) is 25.1 Å². The Labute approximate surface area is 145 Å². The van der Waals surface area contributed by atoms with Crippen molar-refractivity contribution in [1.29, 1.82) is 0 Å². The van der Waals surface area contributed by atoms with Gasteiger partial charge in [-0.25, -0.2) is 9.59 Å². The average Bonchev–Trinajstić information content (AvgIpc) is 2.64. The molecule has 0 aliphatic rings. The molecule has 0 radical (unpaired) electrons. The fourth-order valence-corrected chi connectivity index (χ4v) is 2.23. The van der Waals surface area contributed by atoms with Gasteiger partial charge in [0.05, 0.1) is 11.1 Å². The SMILES string of the molecule is Cc1ccccc1OC(=O)c1ccc(C(=O)Oc2ccccc2)cc1. The van der Waals surface area contributed by atoms with Crippen molar-refractivity contribution in [2.24, 2.45) is 0 Å². The lowest BCUT2D eigenvalue weighted by atomic mass is 10.1. The van der Waals surface area contributed by atoms with Crippen LogP contribution in [0, 0.1) is 6.92 Å². The van der Waals surface area contributed by atoms with Gasteiger partial charge in [0, 0.05) is 0 Å². The van der Waals surface area contributed by atoms with Gasteiger partial charge in [0.25, 0.3) is 0 Å². The summed E-state index contributed by atoms with van der Waals surface area (Å²) in [4.78, 5) is 24.3. The maximum atomic E-state index is 12.2. The predicted octanol–water partition coefficient (Wildman–Crippen LogP) is 4.43. The van der Waals surface area contributed by atoms with Crippen LogP contribution in [0.5, 0.6) is 11.5 Å². The first-order valence-corrected chi connectivity index (χ1v) is 7.78. The smallest absolute Gasteiger partial charge is 0.343 e. The second-order valence-electron chi connectivity index (χ2n) is 5.43. The topological polar surface area (TPSA) is 52.6 Å². The van der Waals surface area contributed by atoms with Crippen molar-refractivity contribution in [3.05, 3.63) is 95.6 Å². The first-order valence-electron chi connectivity index (χ1n) is 7.78. The van der Waals surface area contributed by atoms with E-state index < -0.39 is 11.9 Å². The van der Waals surface area contributed by atoms with E-state index in [4.69, 9.17) is 9.47 Å². The molecular weight excluding hydrogens is 316 g/mol. The minimum Gasteiger partial charge on any atom is -0.423 e. The molecule has 0 saturated heterocycles. The van der Waals surface area contributed by atoms with Gasteiger partial charge in [-0.05, 0) is 55.0 Å². The summed E-state index contributed by atoms with van der Waals surface area (Å²) >= 11 is 0. The molecule has 0 heterocycles. The van der Waals surface area contributed by atoms with Crippen LogP contribution in [0.25, 0.3) is 0 Å². The van der Waals surface area contributed by atoms with E-state index in [0.717, 1.165) is 5.56 Å². The largest absolute Gasteiger partial charge is 0.423 e. The summed E-state index contributed by atoms with van der Waals surface area (Å²) in [5, 5.41) is 0. The van der Waals surface area contributed by atoms with Crippen molar-refractivity contribution in [2.75, 3.05) is 0 Å². The van der Waals surface area contributed by atoms with Crippen LogP contribution < -0.4 is 9.47 Å². The Kier molecular flexibility index (Phi) is 4.90. The van der Waals surface area contributed by atoms with Crippen LogP contribution in [-0.2, 0) is 0 Å². The molecule has 4 nitrogen and oxygen atoms in total. The lowest BCUT2D eigenvalue weighted by molar-refractivity contribution is 0.0720. The van der Waals surface area contributed by atoms with Crippen molar-refractivity contribution < 1.29 is 19.1 Å². The van der Waals surface area contributed by atoms with E-state index in [9.17, 15) is 9.59 Å². The highest BCUT2D eigenvalue weighted by Gasteiger charge is 2.13. The third kappa shape index (κ3) is 4.12. The Morgan fingerprint density at radius 2 is 1.16 bits per heavy atom. The number of carbonyl (C=O) groups excluding carboxylic acids is 2. The van der Waals surface area contributed by atoms with Gasteiger partial charge in [0.15, 0.2) is 0 Å². The van der Waals surface area contributed by atoms with Crippen LogP contribution in [-0.4, -0.2) is 11.9 Å². The molecule has 0 saturated carbocycles. The van der Waals surface area contributed by atoms with E-state index in [2.05, 4.69) is 0 Å². The lowest BCUT2D eigenvalue weighted by Gasteiger charge is -2.08. The molecule has 0 unspecified atom stereocenters. The molecule has 0 aromatic heterocycles. The average molecular weight is 332 g/mol. The summed E-state index contributed by atoms with van der Waals surface area (Å²) in [6.07, 6.45) is 0. The zero-order valence-corrected chi connectivity index (χ0v) is 13.6. The van der Waals surface area contributed by atoms with Gasteiger partial charge < -0.3 is 9.47 Å². The molecule has 0 fully saturated rings. The van der Waals surface area contributed by atoms with Crippen molar-refractivity contribution in [2.45, 2.75) is 6.92 Å². The van der Waals surface area contributed by atoms with Crippen molar-refractivity contribution in [1.82, 2.24) is 0 Å². The zero-order chi connectivity index (χ0) is 17.6. The van der Waals surface area contributed by atoms with Crippen LogP contribution in [0.15, 0.2) is 78.9 Å². The maximum absolute atomic E-state index is 12.2. The van der Waals surface area contributed by atoms with E-state index in [1.54, 1.807) is 60.7 Å². The molecule has 0 aliphatic heterocycles. The Balaban J connectivity index is 1.68. The number of rotatable bonds is 4. The fourth-order valence-electron chi connectivity index (χ4n) is 2.23. The molecule has 0 aliphatic carbocycles. The highest BCUT2D eigenvalue weighted by molar-refractivity contribution is 5.94. The van der Waals surface area contributed by atoms with Crippen molar-refractivity contribution >= 4 is 11.9 Å². The van der Waals surface area contributed by atoms with Crippen LogP contribution in [0.4, 0.5) is 0 Å². The van der Waals surface area contributed by atoms with Gasteiger partial charge in [0.1, 0.15) is 11.5 Å². The summed E-state index contributed by atoms with van der Waals surface area (Å²) in [6.45, 7) is 1.87. The number of benzene rings is 3.